The molecule has 0 saturated heterocycles. The molecule has 0 bridgehead atoms. The Balaban J connectivity index is 2.43. The second kappa shape index (κ2) is 7.38. The molecule has 0 atom stereocenters. The highest BCUT2D eigenvalue weighted by Crippen LogP contribution is 2.35. The highest BCUT2D eigenvalue weighted by atomic mass is 16.3. The summed E-state index contributed by atoms with van der Waals surface area (Å²) in [7, 11) is 2.21. The molecule has 2 nitrogen and oxygen atoms in total. The Morgan fingerprint density at radius 3 is 2.18 bits per heavy atom. The first-order valence-electron chi connectivity index (χ1n) is 7.37. The zero-order valence-electron chi connectivity index (χ0n) is 12.0. The quantitative estimate of drug-likeness (QED) is 0.721. The van der Waals surface area contributed by atoms with E-state index < -0.39 is 0 Å². The molecular formula is C15H31NO. The molecule has 0 heterocycles. The lowest BCUT2D eigenvalue weighted by molar-refractivity contribution is 0.0673. The van der Waals surface area contributed by atoms with Crippen LogP contribution >= 0.6 is 0 Å². The number of aliphatic hydroxyl groups is 1. The first-order chi connectivity index (χ1) is 8.08. The van der Waals surface area contributed by atoms with Crippen LogP contribution in [0.4, 0.5) is 0 Å². The maximum absolute atomic E-state index is 9.77. The van der Waals surface area contributed by atoms with Crippen LogP contribution in [0.2, 0.25) is 0 Å². The van der Waals surface area contributed by atoms with Crippen LogP contribution in [-0.2, 0) is 0 Å². The molecule has 1 rings (SSSR count). The summed E-state index contributed by atoms with van der Waals surface area (Å²) in [4.78, 5) is 2.43. The predicted octanol–water partition coefficient (Wildman–Crippen LogP) is 3.30. The third kappa shape index (κ3) is 5.39. The minimum absolute atomic E-state index is 0.197. The largest absolute Gasteiger partial charge is 0.396 e. The molecule has 17 heavy (non-hydrogen) atoms. The summed E-state index contributed by atoms with van der Waals surface area (Å²) in [6.45, 7) is 7.18. The first kappa shape index (κ1) is 15.0. The third-order valence-corrected chi connectivity index (χ3v) is 4.19. The minimum Gasteiger partial charge on any atom is -0.396 e. The normalized spacial score (nSPS) is 20.8. The summed E-state index contributed by atoms with van der Waals surface area (Å²) in [5.41, 5.74) is 0.197. The lowest BCUT2D eigenvalue weighted by Crippen LogP contribution is -2.38. The van der Waals surface area contributed by atoms with Gasteiger partial charge in [0, 0.05) is 18.6 Å². The monoisotopic (exact) mass is 241 g/mol. The minimum atomic E-state index is 0.197. The molecule has 0 unspecified atom stereocenters. The molecule has 1 N–H and O–H groups in total. The third-order valence-electron chi connectivity index (χ3n) is 4.19. The van der Waals surface area contributed by atoms with Gasteiger partial charge in [0.05, 0.1) is 0 Å². The lowest BCUT2D eigenvalue weighted by Gasteiger charge is -2.35. The molecule has 0 spiro atoms. The van der Waals surface area contributed by atoms with Gasteiger partial charge in [0.15, 0.2) is 0 Å². The van der Waals surface area contributed by atoms with E-state index in [9.17, 15) is 5.11 Å². The Labute approximate surface area is 107 Å². The van der Waals surface area contributed by atoms with E-state index in [2.05, 4.69) is 25.8 Å². The number of hydrogen-bond acceptors (Lipinski definition) is 2. The molecule has 1 aliphatic carbocycles. The van der Waals surface area contributed by atoms with Crippen LogP contribution in [0.3, 0.4) is 0 Å². The molecule has 2 heteroatoms. The Hall–Kier alpha value is -0.0800. The van der Waals surface area contributed by atoms with Crippen LogP contribution in [-0.4, -0.2) is 36.8 Å². The van der Waals surface area contributed by atoms with Gasteiger partial charge in [-0.1, -0.05) is 39.5 Å². The molecule has 0 radical (unpaired) electrons. The lowest BCUT2D eigenvalue weighted by atomic mass is 9.80. The Bertz CT molecular complexity index is 195. The van der Waals surface area contributed by atoms with Crippen molar-refractivity contribution in [3.05, 3.63) is 0 Å². The van der Waals surface area contributed by atoms with E-state index >= 15 is 0 Å². The van der Waals surface area contributed by atoms with Gasteiger partial charge in [0.1, 0.15) is 0 Å². The van der Waals surface area contributed by atoms with Crippen LogP contribution in [0.25, 0.3) is 0 Å². The van der Waals surface area contributed by atoms with Crippen molar-refractivity contribution in [2.24, 2.45) is 11.3 Å². The summed E-state index contributed by atoms with van der Waals surface area (Å²) >= 11 is 0. The van der Waals surface area contributed by atoms with Gasteiger partial charge in [0.25, 0.3) is 0 Å². The molecule has 1 aliphatic rings. The molecular weight excluding hydrogens is 210 g/mol. The standard InChI is InChI=1S/C15H31NO/c1-14(2)8-11-16(3)12-15(13-17)9-6-4-5-7-10-15/h14,17H,4-13H2,1-3H3. The zero-order valence-corrected chi connectivity index (χ0v) is 12.0. The SMILES string of the molecule is CC(C)CCN(C)CC1(CO)CCCCCC1. The average Bonchev–Trinajstić information content (AvgIpc) is 2.53. The Morgan fingerprint density at radius 1 is 1.12 bits per heavy atom. The van der Waals surface area contributed by atoms with Crippen LogP contribution in [0, 0.1) is 11.3 Å². The molecule has 1 saturated carbocycles. The van der Waals surface area contributed by atoms with E-state index in [-0.39, 0.29) is 5.41 Å². The van der Waals surface area contributed by atoms with Gasteiger partial charge in [-0.3, -0.25) is 0 Å². The Kier molecular flexibility index (Phi) is 6.50. The Morgan fingerprint density at radius 2 is 1.71 bits per heavy atom. The summed E-state index contributed by atoms with van der Waals surface area (Å²) in [5.74, 6) is 0.775. The van der Waals surface area contributed by atoms with E-state index in [4.69, 9.17) is 0 Å². The van der Waals surface area contributed by atoms with E-state index in [0.717, 1.165) is 12.5 Å². The van der Waals surface area contributed by atoms with Crippen molar-refractivity contribution in [1.82, 2.24) is 4.90 Å². The fraction of sp³-hybridized carbons (Fsp3) is 1.00. The molecule has 0 aromatic rings. The van der Waals surface area contributed by atoms with Crippen molar-refractivity contribution >= 4 is 0 Å². The molecule has 1 fully saturated rings. The number of hydrogen-bond donors (Lipinski definition) is 1. The summed E-state index contributed by atoms with van der Waals surface area (Å²) in [6.07, 6.45) is 9.02. The maximum atomic E-state index is 9.77. The van der Waals surface area contributed by atoms with Gasteiger partial charge < -0.3 is 10.0 Å². The summed E-state index contributed by atoms with van der Waals surface area (Å²) < 4.78 is 0. The van der Waals surface area contributed by atoms with E-state index in [0.29, 0.717) is 6.61 Å². The van der Waals surface area contributed by atoms with Crippen LogP contribution < -0.4 is 0 Å². The molecule has 0 aromatic heterocycles. The molecule has 102 valence electrons. The van der Waals surface area contributed by atoms with E-state index in [1.165, 1.54) is 51.5 Å². The van der Waals surface area contributed by atoms with Crippen molar-refractivity contribution in [2.45, 2.75) is 58.8 Å². The molecule has 0 aromatic carbocycles. The number of rotatable bonds is 6. The highest BCUT2D eigenvalue weighted by Gasteiger charge is 2.31. The number of nitrogens with zero attached hydrogens (tertiary/aromatic N) is 1. The zero-order chi connectivity index (χ0) is 12.7. The second-order valence-corrected chi connectivity index (χ2v) is 6.49. The van der Waals surface area contributed by atoms with E-state index in [1.807, 2.05) is 0 Å². The average molecular weight is 241 g/mol. The van der Waals surface area contributed by atoms with Crippen molar-refractivity contribution in [1.29, 1.82) is 0 Å². The topological polar surface area (TPSA) is 23.5 Å². The van der Waals surface area contributed by atoms with Crippen molar-refractivity contribution in [3.8, 4) is 0 Å². The fourth-order valence-electron chi connectivity index (χ4n) is 2.98. The summed E-state index contributed by atoms with van der Waals surface area (Å²) in [6, 6.07) is 0. The smallest absolute Gasteiger partial charge is 0.0499 e. The van der Waals surface area contributed by atoms with Crippen molar-refractivity contribution < 1.29 is 5.11 Å². The maximum Gasteiger partial charge on any atom is 0.0499 e. The van der Waals surface area contributed by atoms with Crippen LogP contribution in [0.1, 0.15) is 58.8 Å². The first-order valence-corrected chi connectivity index (χ1v) is 7.37. The van der Waals surface area contributed by atoms with Gasteiger partial charge in [-0.2, -0.15) is 0 Å². The van der Waals surface area contributed by atoms with Gasteiger partial charge in [-0.15, -0.1) is 0 Å². The van der Waals surface area contributed by atoms with Gasteiger partial charge >= 0.3 is 0 Å². The van der Waals surface area contributed by atoms with Crippen molar-refractivity contribution in [3.63, 3.8) is 0 Å². The fourth-order valence-corrected chi connectivity index (χ4v) is 2.98. The van der Waals surface area contributed by atoms with E-state index in [1.54, 1.807) is 0 Å². The molecule has 0 amide bonds. The number of aliphatic hydroxyl groups excluding tert-OH is 1. The molecule has 0 aliphatic heterocycles. The van der Waals surface area contributed by atoms with Crippen LogP contribution in [0.15, 0.2) is 0 Å². The van der Waals surface area contributed by atoms with Crippen LogP contribution in [0.5, 0.6) is 0 Å². The summed E-state index contributed by atoms with van der Waals surface area (Å²) in [5, 5.41) is 9.77. The van der Waals surface area contributed by atoms with Crippen molar-refractivity contribution in [2.75, 3.05) is 26.7 Å². The second-order valence-electron chi connectivity index (χ2n) is 6.49. The highest BCUT2D eigenvalue weighted by molar-refractivity contribution is 4.83. The van der Waals surface area contributed by atoms with Gasteiger partial charge in [-0.05, 0) is 38.8 Å². The van der Waals surface area contributed by atoms with Gasteiger partial charge in [0.2, 0.25) is 0 Å². The predicted molar refractivity (Wildman–Crippen MR) is 74.2 cm³/mol. The van der Waals surface area contributed by atoms with Gasteiger partial charge in [-0.25, -0.2) is 0 Å².